The summed E-state index contributed by atoms with van der Waals surface area (Å²) in [5.74, 6) is 1.62. The first-order valence-corrected chi connectivity index (χ1v) is 10.7. The van der Waals surface area contributed by atoms with Crippen molar-refractivity contribution in [3.05, 3.63) is 35.4 Å². The van der Waals surface area contributed by atoms with E-state index in [-0.39, 0.29) is 29.4 Å². The highest BCUT2D eigenvalue weighted by Crippen LogP contribution is 2.23. The average molecular weight is 517 g/mol. The van der Waals surface area contributed by atoms with Gasteiger partial charge >= 0.3 is 0 Å². The van der Waals surface area contributed by atoms with Crippen LogP contribution in [-0.4, -0.2) is 64.3 Å². The standard InChI is InChI=1S/C23H40N4O.HI/c1-6-19-7-9-21(10-8-19)23(2,3)18-26-22(24-4)25-17-20-11-13-27(14-12-20)15-16-28-5;/h7-10,20H,6,11-18H2,1-5H3,(H2,24,25,26);1H. The molecular weight excluding hydrogens is 475 g/mol. The number of hydrogen-bond donors (Lipinski definition) is 2. The topological polar surface area (TPSA) is 48.9 Å². The molecule has 0 spiro atoms. The Bertz CT molecular complexity index is 595. The van der Waals surface area contributed by atoms with E-state index in [0.717, 1.165) is 38.6 Å². The van der Waals surface area contributed by atoms with Crippen LogP contribution in [0.1, 0.15) is 44.7 Å². The first-order valence-electron chi connectivity index (χ1n) is 10.7. The molecule has 1 saturated heterocycles. The van der Waals surface area contributed by atoms with Crippen LogP contribution in [0.5, 0.6) is 0 Å². The van der Waals surface area contributed by atoms with Crippen LogP contribution in [0.3, 0.4) is 0 Å². The van der Waals surface area contributed by atoms with Crippen molar-refractivity contribution in [2.75, 3.05) is 53.5 Å². The molecule has 0 radical (unpaired) electrons. The molecular formula is C23H41IN4O. The normalized spacial score (nSPS) is 16.4. The number of methoxy groups -OCH3 is 1. The zero-order valence-electron chi connectivity index (χ0n) is 19.0. The first-order chi connectivity index (χ1) is 13.5. The lowest BCUT2D eigenvalue weighted by molar-refractivity contribution is 0.121. The summed E-state index contributed by atoms with van der Waals surface area (Å²) in [4.78, 5) is 6.92. The van der Waals surface area contributed by atoms with Gasteiger partial charge in [0.05, 0.1) is 6.61 Å². The molecule has 1 aromatic carbocycles. The molecule has 1 heterocycles. The third-order valence-electron chi connectivity index (χ3n) is 5.94. The molecule has 5 nitrogen and oxygen atoms in total. The maximum atomic E-state index is 5.18. The van der Waals surface area contributed by atoms with Crippen molar-refractivity contribution in [2.45, 2.75) is 45.4 Å². The van der Waals surface area contributed by atoms with Crippen molar-refractivity contribution < 1.29 is 4.74 Å². The molecule has 1 fully saturated rings. The number of ether oxygens (including phenoxy) is 1. The third kappa shape index (κ3) is 8.80. The van der Waals surface area contributed by atoms with Gasteiger partial charge < -0.3 is 20.3 Å². The van der Waals surface area contributed by atoms with Gasteiger partial charge in [-0.1, -0.05) is 45.0 Å². The van der Waals surface area contributed by atoms with Crippen molar-refractivity contribution in [3.63, 3.8) is 0 Å². The van der Waals surface area contributed by atoms with Gasteiger partial charge in [0.2, 0.25) is 0 Å². The Balaban J connectivity index is 0.00000420. The Morgan fingerprint density at radius 1 is 1.17 bits per heavy atom. The number of piperidine rings is 1. The van der Waals surface area contributed by atoms with Gasteiger partial charge in [0.25, 0.3) is 0 Å². The van der Waals surface area contributed by atoms with Crippen LogP contribution in [0.25, 0.3) is 0 Å². The summed E-state index contributed by atoms with van der Waals surface area (Å²) in [6, 6.07) is 8.99. The maximum absolute atomic E-state index is 5.18. The number of guanidine groups is 1. The number of halogens is 1. The van der Waals surface area contributed by atoms with Gasteiger partial charge in [-0.15, -0.1) is 24.0 Å². The van der Waals surface area contributed by atoms with Gasteiger partial charge in [-0.2, -0.15) is 0 Å². The van der Waals surface area contributed by atoms with E-state index >= 15 is 0 Å². The van der Waals surface area contributed by atoms with Gasteiger partial charge in [0, 0.05) is 39.2 Å². The summed E-state index contributed by atoms with van der Waals surface area (Å²) >= 11 is 0. The molecule has 0 aromatic heterocycles. The van der Waals surface area contributed by atoms with Crippen molar-refractivity contribution in [1.29, 1.82) is 0 Å². The zero-order chi connectivity index (χ0) is 20.4. The predicted octanol–water partition coefficient (Wildman–Crippen LogP) is 3.67. The zero-order valence-corrected chi connectivity index (χ0v) is 21.3. The molecule has 1 aromatic rings. The van der Waals surface area contributed by atoms with Crippen LogP contribution in [0, 0.1) is 5.92 Å². The fraction of sp³-hybridized carbons (Fsp3) is 0.696. The SMILES string of the molecule is CCc1ccc(C(C)(C)CNC(=NC)NCC2CCN(CCOC)CC2)cc1.I. The first kappa shape index (κ1) is 26.2. The Morgan fingerprint density at radius 2 is 1.83 bits per heavy atom. The summed E-state index contributed by atoms with van der Waals surface area (Å²) in [7, 11) is 3.63. The summed E-state index contributed by atoms with van der Waals surface area (Å²) < 4.78 is 5.18. The number of aryl methyl sites for hydroxylation is 1. The van der Waals surface area contributed by atoms with Crippen molar-refractivity contribution in [1.82, 2.24) is 15.5 Å². The van der Waals surface area contributed by atoms with Gasteiger partial charge in [-0.05, 0) is 49.4 Å². The summed E-state index contributed by atoms with van der Waals surface area (Å²) in [6.07, 6.45) is 3.56. The fourth-order valence-corrected chi connectivity index (χ4v) is 3.69. The molecule has 0 bridgehead atoms. The Labute approximate surface area is 195 Å². The highest BCUT2D eigenvalue weighted by molar-refractivity contribution is 14.0. The predicted molar refractivity (Wildman–Crippen MR) is 135 cm³/mol. The minimum absolute atomic E-state index is 0. The quantitative estimate of drug-likeness (QED) is 0.299. The highest BCUT2D eigenvalue weighted by Gasteiger charge is 2.22. The minimum atomic E-state index is 0. The molecule has 0 saturated carbocycles. The van der Waals surface area contributed by atoms with Crippen LogP contribution in [-0.2, 0) is 16.6 Å². The van der Waals surface area contributed by atoms with E-state index in [4.69, 9.17) is 4.74 Å². The monoisotopic (exact) mass is 516 g/mol. The maximum Gasteiger partial charge on any atom is 0.191 e. The molecule has 2 N–H and O–H groups in total. The second kappa shape index (κ2) is 13.4. The highest BCUT2D eigenvalue weighted by atomic mass is 127. The van der Waals surface area contributed by atoms with Crippen molar-refractivity contribution in [3.8, 4) is 0 Å². The number of rotatable bonds is 9. The van der Waals surface area contributed by atoms with Crippen LogP contribution in [0.15, 0.2) is 29.3 Å². The lowest BCUT2D eigenvalue weighted by Gasteiger charge is -2.32. The van der Waals surface area contributed by atoms with Crippen LogP contribution < -0.4 is 10.6 Å². The number of benzene rings is 1. The van der Waals surface area contributed by atoms with E-state index in [9.17, 15) is 0 Å². The van der Waals surface area contributed by atoms with Gasteiger partial charge in [0.15, 0.2) is 5.96 Å². The molecule has 0 amide bonds. The van der Waals surface area contributed by atoms with Crippen molar-refractivity contribution in [2.24, 2.45) is 10.9 Å². The van der Waals surface area contributed by atoms with Gasteiger partial charge in [-0.3, -0.25) is 4.99 Å². The number of nitrogens with zero attached hydrogens (tertiary/aromatic N) is 2. The van der Waals surface area contributed by atoms with Crippen LogP contribution in [0.4, 0.5) is 0 Å². The smallest absolute Gasteiger partial charge is 0.191 e. The number of likely N-dealkylation sites (tertiary alicyclic amines) is 1. The average Bonchev–Trinajstić information content (AvgIpc) is 2.73. The lowest BCUT2D eigenvalue weighted by Crippen LogP contribution is -2.46. The molecule has 2 rings (SSSR count). The molecule has 1 aliphatic heterocycles. The van der Waals surface area contributed by atoms with Crippen LogP contribution in [0.2, 0.25) is 0 Å². The van der Waals surface area contributed by atoms with E-state index < -0.39 is 0 Å². The minimum Gasteiger partial charge on any atom is -0.383 e. The van der Waals surface area contributed by atoms with E-state index in [2.05, 4.69) is 65.6 Å². The van der Waals surface area contributed by atoms with Crippen LogP contribution >= 0.6 is 24.0 Å². The molecule has 0 aliphatic carbocycles. The van der Waals surface area contributed by atoms with E-state index in [0.29, 0.717) is 5.92 Å². The lowest BCUT2D eigenvalue weighted by atomic mass is 9.84. The number of hydrogen-bond acceptors (Lipinski definition) is 3. The number of nitrogens with one attached hydrogen (secondary N) is 2. The Morgan fingerprint density at radius 3 is 2.38 bits per heavy atom. The second-order valence-electron chi connectivity index (χ2n) is 8.52. The van der Waals surface area contributed by atoms with E-state index in [1.807, 2.05) is 7.05 Å². The molecule has 6 heteroatoms. The summed E-state index contributed by atoms with van der Waals surface area (Å²) in [5, 5.41) is 7.06. The van der Waals surface area contributed by atoms with E-state index in [1.165, 1.54) is 37.1 Å². The molecule has 0 atom stereocenters. The van der Waals surface area contributed by atoms with Gasteiger partial charge in [0.1, 0.15) is 0 Å². The summed E-state index contributed by atoms with van der Waals surface area (Å²) in [6.45, 7) is 12.8. The van der Waals surface area contributed by atoms with Gasteiger partial charge in [-0.25, -0.2) is 0 Å². The molecule has 29 heavy (non-hydrogen) atoms. The fourth-order valence-electron chi connectivity index (χ4n) is 3.69. The summed E-state index contributed by atoms with van der Waals surface area (Å²) in [5.41, 5.74) is 2.80. The molecule has 166 valence electrons. The molecule has 0 unspecified atom stereocenters. The Kier molecular flexibility index (Phi) is 12.1. The molecule has 1 aliphatic rings. The van der Waals surface area contributed by atoms with E-state index in [1.54, 1.807) is 7.11 Å². The third-order valence-corrected chi connectivity index (χ3v) is 5.94. The van der Waals surface area contributed by atoms with Crippen molar-refractivity contribution >= 4 is 29.9 Å². The largest absolute Gasteiger partial charge is 0.383 e. The number of aliphatic imine (C=N–C) groups is 1. The Hall–Kier alpha value is -0.860. The second-order valence-corrected chi connectivity index (χ2v) is 8.52.